The molecule has 7 heteroatoms. The number of halogens is 1. The lowest BCUT2D eigenvalue weighted by molar-refractivity contribution is -0.143. The summed E-state index contributed by atoms with van der Waals surface area (Å²) in [6.45, 7) is 10.2. The first-order chi connectivity index (χ1) is 10.2. The van der Waals surface area contributed by atoms with E-state index in [1.54, 1.807) is 6.92 Å². The number of H-pyrrole nitrogens is 1. The fourth-order valence-corrected chi connectivity index (χ4v) is 2.76. The first kappa shape index (κ1) is 17.6. The average molecular weight is 372 g/mol. The van der Waals surface area contributed by atoms with Crippen molar-refractivity contribution in [2.24, 2.45) is 0 Å². The molecule has 1 aromatic rings. The molecular weight excluding hydrogens is 349 g/mol. The van der Waals surface area contributed by atoms with Gasteiger partial charge in [0.15, 0.2) is 0 Å². The number of nitrogens with one attached hydrogen (secondary N) is 1. The van der Waals surface area contributed by atoms with E-state index in [1.807, 2.05) is 40.0 Å². The zero-order valence-corrected chi connectivity index (χ0v) is 15.3. The normalized spacial score (nSPS) is 20.9. The molecule has 5 nitrogen and oxygen atoms in total. The van der Waals surface area contributed by atoms with Gasteiger partial charge in [-0.15, -0.1) is 0 Å². The van der Waals surface area contributed by atoms with Crippen LogP contribution in [0.5, 0.6) is 0 Å². The third kappa shape index (κ3) is 3.58. The fourth-order valence-electron chi connectivity index (χ4n) is 2.40. The number of carbonyl (C=O) groups excluding carboxylic acids is 1. The molecule has 0 amide bonds. The molecule has 1 saturated heterocycles. The molecule has 0 radical (unpaired) electrons. The molecule has 0 bridgehead atoms. The van der Waals surface area contributed by atoms with Crippen LogP contribution in [0.2, 0.25) is 0 Å². The van der Waals surface area contributed by atoms with Crippen LogP contribution in [0.25, 0.3) is 0 Å². The minimum absolute atomic E-state index is 0.206. The lowest BCUT2D eigenvalue weighted by atomic mass is 9.68. The van der Waals surface area contributed by atoms with Gasteiger partial charge in [0.1, 0.15) is 0 Å². The number of aromatic amines is 1. The smallest absolute Gasteiger partial charge is 0.466 e. The van der Waals surface area contributed by atoms with Gasteiger partial charge < -0.3 is 19.0 Å². The second-order valence-electron chi connectivity index (χ2n) is 6.51. The van der Waals surface area contributed by atoms with Crippen molar-refractivity contribution in [3.05, 3.63) is 22.4 Å². The third-order valence-corrected chi connectivity index (χ3v) is 4.82. The first-order valence-corrected chi connectivity index (χ1v) is 8.30. The molecule has 0 aromatic carbocycles. The quantitative estimate of drug-likeness (QED) is 0.636. The summed E-state index contributed by atoms with van der Waals surface area (Å²) in [7, 11) is -0.500. The number of aromatic nitrogens is 1. The number of carbonyl (C=O) groups is 1. The average Bonchev–Trinajstić information content (AvgIpc) is 2.89. The highest BCUT2D eigenvalue weighted by molar-refractivity contribution is 9.10. The van der Waals surface area contributed by atoms with Gasteiger partial charge in [0.25, 0.3) is 0 Å². The number of esters is 1. The van der Waals surface area contributed by atoms with Gasteiger partial charge >= 0.3 is 13.1 Å². The number of rotatable bonds is 5. The molecule has 122 valence electrons. The third-order valence-electron chi connectivity index (χ3n) is 4.36. The Bertz CT molecular complexity index is 527. The first-order valence-electron chi connectivity index (χ1n) is 7.51. The summed E-state index contributed by atoms with van der Waals surface area (Å²) in [5, 5.41) is 0. The maximum absolute atomic E-state index is 12.0. The molecule has 0 saturated carbocycles. The van der Waals surface area contributed by atoms with Crippen molar-refractivity contribution >= 4 is 29.0 Å². The van der Waals surface area contributed by atoms with Crippen molar-refractivity contribution in [1.29, 1.82) is 0 Å². The Morgan fingerprint density at radius 2 is 1.95 bits per heavy atom. The highest BCUT2D eigenvalue weighted by atomic mass is 79.9. The zero-order chi connectivity index (χ0) is 16.5. The van der Waals surface area contributed by atoms with Crippen LogP contribution < -0.4 is 0 Å². The largest absolute Gasteiger partial charge is 0.467 e. The predicted molar refractivity (Wildman–Crippen MR) is 88.6 cm³/mol. The summed E-state index contributed by atoms with van der Waals surface area (Å²) in [5.74, 6) is -0.501. The molecule has 1 aliphatic heterocycles. The van der Waals surface area contributed by atoms with Gasteiger partial charge in [0.2, 0.25) is 0 Å². The van der Waals surface area contributed by atoms with E-state index in [2.05, 4.69) is 20.9 Å². The van der Waals surface area contributed by atoms with Gasteiger partial charge in [-0.25, -0.2) is 0 Å². The summed E-state index contributed by atoms with van der Waals surface area (Å²) in [4.78, 5) is 15.1. The van der Waals surface area contributed by atoms with Crippen molar-refractivity contribution in [1.82, 2.24) is 4.98 Å². The highest BCUT2D eigenvalue weighted by Crippen LogP contribution is 2.41. The van der Waals surface area contributed by atoms with Crippen LogP contribution in [0, 0.1) is 0 Å². The summed E-state index contributed by atoms with van der Waals surface area (Å²) in [5.41, 5.74) is 0.0152. The van der Waals surface area contributed by atoms with E-state index in [0.29, 0.717) is 6.61 Å². The lowest BCUT2D eigenvalue weighted by Gasteiger charge is -2.32. The monoisotopic (exact) mass is 371 g/mol. The van der Waals surface area contributed by atoms with Crippen LogP contribution in [0.3, 0.4) is 0 Å². The van der Waals surface area contributed by atoms with Gasteiger partial charge in [-0.3, -0.25) is 4.79 Å². The van der Waals surface area contributed by atoms with Gasteiger partial charge in [-0.2, -0.15) is 0 Å². The maximum atomic E-state index is 12.0. The Morgan fingerprint density at radius 3 is 2.41 bits per heavy atom. The van der Waals surface area contributed by atoms with E-state index in [0.717, 1.165) is 10.2 Å². The molecule has 1 aromatic heterocycles. The second-order valence-corrected chi connectivity index (χ2v) is 7.43. The molecular formula is C15H23BBrNO4. The van der Waals surface area contributed by atoms with Crippen LogP contribution >= 0.6 is 15.9 Å². The molecule has 22 heavy (non-hydrogen) atoms. The van der Waals surface area contributed by atoms with Crippen molar-refractivity contribution in [3.8, 4) is 0 Å². The summed E-state index contributed by atoms with van der Waals surface area (Å²) in [6.07, 6.45) is 2.04. The Hall–Kier alpha value is -0.785. The van der Waals surface area contributed by atoms with Gasteiger partial charge in [-0.1, -0.05) is 0 Å². The minimum Gasteiger partial charge on any atom is -0.466 e. The molecule has 1 unspecified atom stereocenters. The standard InChI is InChI=1S/C15H23BBrNO4/c1-6-20-13(19)8-11(12-7-10(17)9-18-12)16-21-14(2,3)15(4,5)22-16/h7,9,11,18H,6,8H2,1-5H3. The molecule has 2 heterocycles. The Balaban J connectivity index is 2.24. The molecule has 1 fully saturated rings. The number of ether oxygens (including phenoxy) is 1. The van der Waals surface area contributed by atoms with Gasteiger partial charge in [0.05, 0.1) is 24.2 Å². The van der Waals surface area contributed by atoms with Crippen molar-refractivity contribution < 1.29 is 18.8 Å². The van der Waals surface area contributed by atoms with Crippen LogP contribution in [-0.4, -0.2) is 35.9 Å². The van der Waals surface area contributed by atoms with Crippen molar-refractivity contribution in [2.75, 3.05) is 6.61 Å². The molecule has 1 aliphatic rings. The molecule has 0 aliphatic carbocycles. The van der Waals surface area contributed by atoms with E-state index < -0.39 is 18.3 Å². The Kier molecular flexibility index (Phi) is 5.09. The van der Waals surface area contributed by atoms with E-state index in [4.69, 9.17) is 14.0 Å². The molecule has 2 rings (SSSR count). The predicted octanol–water partition coefficient (Wildman–Crippen LogP) is 3.45. The van der Waals surface area contributed by atoms with Gasteiger partial charge in [-0.05, 0) is 56.6 Å². The highest BCUT2D eigenvalue weighted by Gasteiger charge is 2.54. The van der Waals surface area contributed by atoms with Crippen molar-refractivity contribution in [3.63, 3.8) is 0 Å². The van der Waals surface area contributed by atoms with Crippen LogP contribution in [0.4, 0.5) is 0 Å². The Morgan fingerprint density at radius 1 is 1.36 bits per heavy atom. The summed E-state index contributed by atoms with van der Waals surface area (Å²) < 4.78 is 18.2. The van der Waals surface area contributed by atoms with Crippen LogP contribution in [0.1, 0.15) is 52.6 Å². The van der Waals surface area contributed by atoms with Crippen LogP contribution in [-0.2, 0) is 18.8 Å². The minimum atomic E-state index is -0.500. The number of hydrogen-bond donors (Lipinski definition) is 1. The maximum Gasteiger partial charge on any atom is 0.467 e. The van der Waals surface area contributed by atoms with Crippen molar-refractivity contribution in [2.45, 2.75) is 58.1 Å². The summed E-state index contributed by atoms with van der Waals surface area (Å²) in [6, 6.07) is 1.94. The summed E-state index contributed by atoms with van der Waals surface area (Å²) >= 11 is 3.42. The molecule has 1 atom stereocenters. The van der Waals surface area contributed by atoms with E-state index in [-0.39, 0.29) is 18.2 Å². The fraction of sp³-hybridized carbons (Fsp3) is 0.667. The van der Waals surface area contributed by atoms with E-state index >= 15 is 0 Å². The van der Waals surface area contributed by atoms with E-state index in [9.17, 15) is 4.79 Å². The lowest BCUT2D eigenvalue weighted by Crippen LogP contribution is -2.41. The number of hydrogen-bond acceptors (Lipinski definition) is 4. The second kappa shape index (κ2) is 6.38. The zero-order valence-electron chi connectivity index (χ0n) is 13.7. The van der Waals surface area contributed by atoms with Crippen LogP contribution in [0.15, 0.2) is 16.7 Å². The van der Waals surface area contributed by atoms with E-state index in [1.165, 1.54) is 0 Å². The SMILES string of the molecule is CCOC(=O)CC(B1OC(C)(C)C(C)(C)O1)c1cc(Br)c[nH]1. The Labute approximate surface area is 140 Å². The molecule has 0 spiro atoms. The molecule has 1 N–H and O–H groups in total. The van der Waals surface area contributed by atoms with Gasteiger partial charge in [0, 0.05) is 22.2 Å². The topological polar surface area (TPSA) is 60.6 Å².